The Hall–Kier alpha value is -2.86. The number of rotatable bonds is 6. The van der Waals surface area contributed by atoms with E-state index >= 15 is 0 Å². The first-order chi connectivity index (χ1) is 13.4. The highest BCUT2D eigenvalue weighted by Gasteiger charge is 2.10. The minimum Gasteiger partial charge on any atom is -0.497 e. The molecular formula is C22H23N3O2S. The van der Waals surface area contributed by atoms with Crippen LogP contribution in [0.15, 0.2) is 53.7 Å². The van der Waals surface area contributed by atoms with E-state index in [-0.39, 0.29) is 11.7 Å². The molecule has 0 saturated carbocycles. The average Bonchev–Trinajstić information content (AvgIpc) is 2.69. The summed E-state index contributed by atoms with van der Waals surface area (Å²) in [5.41, 5.74) is 5.66. The number of hydrogen-bond donors (Lipinski definition) is 1. The zero-order valence-electron chi connectivity index (χ0n) is 16.4. The summed E-state index contributed by atoms with van der Waals surface area (Å²) in [4.78, 5) is 21.4. The van der Waals surface area contributed by atoms with E-state index < -0.39 is 0 Å². The topological polar surface area (TPSA) is 64.1 Å². The van der Waals surface area contributed by atoms with E-state index in [4.69, 9.17) is 4.74 Å². The minimum absolute atomic E-state index is 0.0743. The van der Waals surface area contributed by atoms with Gasteiger partial charge in [0.25, 0.3) is 0 Å². The van der Waals surface area contributed by atoms with Crippen LogP contribution in [0.2, 0.25) is 0 Å². The number of benzene rings is 2. The highest BCUT2D eigenvalue weighted by Crippen LogP contribution is 2.24. The van der Waals surface area contributed by atoms with E-state index in [1.807, 2.05) is 69.3 Å². The second-order valence-electron chi connectivity index (χ2n) is 6.56. The molecule has 3 aromatic rings. The molecule has 6 heteroatoms. The standard InChI is InChI=1S/C22H23N3O2S/c1-14-5-6-15(2)19(11-14)24-21(26)13-28-22-23-16(3)12-20(25-22)17-7-9-18(27-4)10-8-17/h5-12H,13H2,1-4H3,(H,24,26). The molecule has 28 heavy (non-hydrogen) atoms. The third kappa shape index (κ3) is 5.10. The molecule has 0 aliphatic heterocycles. The minimum atomic E-state index is -0.0743. The average molecular weight is 394 g/mol. The Kier molecular flexibility index (Phi) is 6.31. The van der Waals surface area contributed by atoms with Gasteiger partial charge in [-0.15, -0.1) is 0 Å². The Morgan fingerprint density at radius 3 is 2.50 bits per heavy atom. The fourth-order valence-electron chi connectivity index (χ4n) is 2.70. The quantitative estimate of drug-likeness (QED) is 0.481. The van der Waals surface area contributed by atoms with Crippen molar-refractivity contribution in [3.05, 3.63) is 65.4 Å². The van der Waals surface area contributed by atoms with Crippen molar-refractivity contribution < 1.29 is 9.53 Å². The molecule has 1 N–H and O–H groups in total. The van der Waals surface area contributed by atoms with Gasteiger partial charge in [0.15, 0.2) is 5.16 Å². The van der Waals surface area contributed by atoms with Crippen molar-refractivity contribution in [2.45, 2.75) is 25.9 Å². The number of aromatic nitrogens is 2. The maximum absolute atomic E-state index is 12.4. The van der Waals surface area contributed by atoms with Crippen LogP contribution in [-0.4, -0.2) is 28.7 Å². The molecule has 0 fully saturated rings. The van der Waals surface area contributed by atoms with Gasteiger partial charge in [-0.1, -0.05) is 23.9 Å². The van der Waals surface area contributed by atoms with Gasteiger partial charge < -0.3 is 10.1 Å². The third-order valence-electron chi connectivity index (χ3n) is 4.22. The number of methoxy groups -OCH3 is 1. The van der Waals surface area contributed by atoms with Crippen LogP contribution in [0.4, 0.5) is 5.69 Å². The Labute approximate surface area is 169 Å². The zero-order valence-corrected chi connectivity index (χ0v) is 17.3. The summed E-state index contributed by atoms with van der Waals surface area (Å²) in [7, 11) is 1.64. The molecular weight excluding hydrogens is 370 g/mol. The number of thioether (sulfide) groups is 1. The molecule has 0 bridgehead atoms. The first-order valence-electron chi connectivity index (χ1n) is 8.94. The lowest BCUT2D eigenvalue weighted by molar-refractivity contribution is -0.113. The van der Waals surface area contributed by atoms with Crippen molar-refractivity contribution >= 4 is 23.4 Å². The van der Waals surface area contributed by atoms with Crippen molar-refractivity contribution in [1.29, 1.82) is 0 Å². The summed E-state index contributed by atoms with van der Waals surface area (Å²) < 4.78 is 5.20. The number of hydrogen-bond acceptors (Lipinski definition) is 5. The largest absolute Gasteiger partial charge is 0.497 e. The first-order valence-corrected chi connectivity index (χ1v) is 9.93. The van der Waals surface area contributed by atoms with E-state index in [9.17, 15) is 4.79 Å². The predicted molar refractivity (Wildman–Crippen MR) is 114 cm³/mol. The Morgan fingerprint density at radius 2 is 1.79 bits per heavy atom. The molecule has 3 rings (SSSR count). The highest BCUT2D eigenvalue weighted by molar-refractivity contribution is 7.99. The van der Waals surface area contributed by atoms with Crippen molar-refractivity contribution in [2.75, 3.05) is 18.2 Å². The zero-order chi connectivity index (χ0) is 20.1. The normalized spacial score (nSPS) is 10.6. The van der Waals surface area contributed by atoms with Crippen molar-refractivity contribution in [3.63, 3.8) is 0 Å². The number of carbonyl (C=O) groups excluding carboxylic acids is 1. The molecule has 0 aliphatic carbocycles. The Morgan fingerprint density at radius 1 is 1.04 bits per heavy atom. The number of amides is 1. The fourth-order valence-corrected chi connectivity index (χ4v) is 3.41. The summed E-state index contributed by atoms with van der Waals surface area (Å²) in [6.07, 6.45) is 0. The van der Waals surface area contributed by atoms with E-state index in [0.29, 0.717) is 5.16 Å². The maximum Gasteiger partial charge on any atom is 0.234 e. The van der Waals surface area contributed by atoms with E-state index in [1.165, 1.54) is 11.8 Å². The number of anilines is 1. The summed E-state index contributed by atoms with van der Waals surface area (Å²) in [6, 6.07) is 15.7. The van der Waals surface area contributed by atoms with Crippen molar-refractivity contribution in [3.8, 4) is 17.0 Å². The Balaban J connectivity index is 1.69. The summed E-state index contributed by atoms with van der Waals surface area (Å²) in [5, 5.41) is 3.55. The van der Waals surface area contributed by atoms with Gasteiger partial charge >= 0.3 is 0 Å². The van der Waals surface area contributed by atoms with Crippen molar-refractivity contribution in [1.82, 2.24) is 9.97 Å². The number of carbonyl (C=O) groups is 1. The van der Waals surface area contributed by atoms with Crippen LogP contribution in [-0.2, 0) is 4.79 Å². The van der Waals surface area contributed by atoms with Gasteiger partial charge in [-0.3, -0.25) is 4.79 Å². The van der Waals surface area contributed by atoms with Gasteiger partial charge in [0.1, 0.15) is 5.75 Å². The molecule has 5 nitrogen and oxygen atoms in total. The van der Waals surface area contributed by atoms with Gasteiger partial charge in [-0.25, -0.2) is 9.97 Å². The molecule has 0 atom stereocenters. The lowest BCUT2D eigenvalue weighted by Crippen LogP contribution is -2.15. The van der Waals surface area contributed by atoms with Crippen LogP contribution in [0.1, 0.15) is 16.8 Å². The summed E-state index contributed by atoms with van der Waals surface area (Å²) >= 11 is 1.33. The lowest BCUT2D eigenvalue weighted by atomic mass is 10.1. The molecule has 0 saturated heterocycles. The van der Waals surface area contributed by atoms with E-state index in [1.54, 1.807) is 7.11 Å². The van der Waals surface area contributed by atoms with Gasteiger partial charge in [0.2, 0.25) is 5.91 Å². The van der Waals surface area contributed by atoms with Crippen LogP contribution < -0.4 is 10.1 Å². The Bertz CT molecular complexity index is 988. The van der Waals surface area contributed by atoms with Gasteiger partial charge in [-0.05, 0) is 68.3 Å². The number of nitrogens with zero attached hydrogens (tertiary/aromatic N) is 2. The molecule has 0 radical (unpaired) electrons. The van der Waals surface area contributed by atoms with E-state index in [0.717, 1.165) is 39.5 Å². The second kappa shape index (κ2) is 8.89. The molecule has 144 valence electrons. The summed E-state index contributed by atoms with van der Waals surface area (Å²) in [6.45, 7) is 5.91. The van der Waals surface area contributed by atoms with Crippen LogP contribution in [0.3, 0.4) is 0 Å². The van der Waals surface area contributed by atoms with Gasteiger partial charge in [0, 0.05) is 16.9 Å². The lowest BCUT2D eigenvalue weighted by Gasteiger charge is -2.10. The van der Waals surface area contributed by atoms with Crippen molar-refractivity contribution in [2.24, 2.45) is 0 Å². The fraction of sp³-hybridized carbons (Fsp3) is 0.227. The molecule has 1 amide bonds. The molecule has 0 spiro atoms. The first kappa shape index (κ1) is 19.9. The second-order valence-corrected chi connectivity index (χ2v) is 7.50. The molecule has 1 aromatic heterocycles. The SMILES string of the molecule is COc1ccc(-c2cc(C)nc(SCC(=O)Nc3cc(C)ccc3C)n2)cc1. The maximum atomic E-state index is 12.4. The molecule has 0 aliphatic rings. The van der Waals surface area contributed by atoms with Crippen LogP contribution in [0, 0.1) is 20.8 Å². The van der Waals surface area contributed by atoms with E-state index in [2.05, 4.69) is 15.3 Å². The number of ether oxygens (including phenoxy) is 1. The highest BCUT2D eigenvalue weighted by atomic mass is 32.2. The van der Waals surface area contributed by atoms with Gasteiger partial charge in [0.05, 0.1) is 18.6 Å². The number of nitrogens with one attached hydrogen (secondary N) is 1. The predicted octanol–water partition coefficient (Wildman–Crippen LogP) is 4.81. The molecule has 2 aromatic carbocycles. The third-order valence-corrected chi connectivity index (χ3v) is 5.07. The molecule has 1 heterocycles. The van der Waals surface area contributed by atoms with Crippen LogP contribution >= 0.6 is 11.8 Å². The van der Waals surface area contributed by atoms with Crippen LogP contribution in [0.25, 0.3) is 11.3 Å². The summed E-state index contributed by atoms with van der Waals surface area (Å²) in [5.74, 6) is 0.973. The van der Waals surface area contributed by atoms with Crippen LogP contribution in [0.5, 0.6) is 5.75 Å². The smallest absolute Gasteiger partial charge is 0.234 e. The number of aryl methyl sites for hydroxylation is 3. The monoisotopic (exact) mass is 393 g/mol. The molecule has 0 unspecified atom stereocenters. The van der Waals surface area contributed by atoms with Gasteiger partial charge in [-0.2, -0.15) is 0 Å².